The van der Waals surface area contributed by atoms with Crippen LogP contribution in [0, 0.1) is 15.9 Å². The number of carbonyl (C=O) groups is 1. The second-order valence-electron chi connectivity index (χ2n) is 6.59. The zero-order chi connectivity index (χ0) is 20.3. The largest absolute Gasteiger partial charge is 0.369 e. The number of non-ortho nitro benzene ring substituents is 1. The number of carbonyl (C=O) groups excluding carboxylic acids is 1. The van der Waals surface area contributed by atoms with Crippen LogP contribution < -0.4 is 10.2 Å². The van der Waals surface area contributed by atoms with Gasteiger partial charge in [-0.25, -0.2) is 4.39 Å². The van der Waals surface area contributed by atoms with Gasteiger partial charge in [0, 0.05) is 44.0 Å². The van der Waals surface area contributed by atoms with Crippen molar-refractivity contribution in [1.82, 2.24) is 4.90 Å². The van der Waals surface area contributed by atoms with Crippen LogP contribution in [-0.4, -0.2) is 48.0 Å². The molecule has 7 nitrogen and oxygen atoms in total. The number of amides is 1. The molecule has 1 aliphatic heterocycles. The van der Waals surface area contributed by atoms with Gasteiger partial charge >= 0.3 is 0 Å². The predicted octanol–water partition coefficient (Wildman–Crippen LogP) is 3.54. The van der Waals surface area contributed by atoms with Gasteiger partial charge in [0.1, 0.15) is 5.82 Å². The Morgan fingerprint density at radius 1 is 1.18 bits per heavy atom. The smallest absolute Gasteiger partial charge is 0.271 e. The Morgan fingerprint density at radius 2 is 1.82 bits per heavy atom. The molecule has 2 aromatic carbocycles. The van der Waals surface area contributed by atoms with E-state index in [1.807, 2.05) is 4.90 Å². The molecule has 0 radical (unpaired) electrons. The highest BCUT2D eigenvalue weighted by atomic mass is 35.5. The fourth-order valence-electron chi connectivity index (χ4n) is 3.14. The minimum absolute atomic E-state index is 0.139. The Balaban J connectivity index is 1.59. The molecule has 1 unspecified atom stereocenters. The minimum atomic E-state index is -0.538. The van der Waals surface area contributed by atoms with Gasteiger partial charge in [0.15, 0.2) is 0 Å². The first-order valence-electron chi connectivity index (χ1n) is 8.84. The number of benzene rings is 2. The van der Waals surface area contributed by atoms with Crippen LogP contribution in [0.5, 0.6) is 0 Å². The molecule has 1 fully saturated rings. The van der Waals surface area contributed by atoms with Crippen LogP contribution in [0.3, 0.4) is 0 Å². The number of rotatable bonds is 5. The standard InChI is InChI=1S/C19H20ClFN4O3/c1-13(19(26)22-18-12-16(25(27)28)6-7-17(18)20)23-8-10-24(11-9-23)15-4-2-14(21)3-5-15/h2-7,12-13H,8-11H2,1H3,(H,22,26). The molecule has 148 valence electrons. The van der Waals surface area contributed by atoms with Gasteiger partial charge in [-0.2, -0.15) is 0 Å². The normalized spacial score (nSPS) is 15.9. The maximum absolute atomic E-state index is 13.1. The second-order valence-corrected chi connectivity index (χ2v) is 6.99. The van der Waals surface area contributed by atoms with E-state index in [2.05, 4.69) is 10.2 Å². The number of hydrogen-bond donors (Lipinski definition) is 1. The highest BCUT2D eigenvalue weighted by Gasteiger charge is 2.26. The average molecular weight is 407 g/mol. The van der Waals surface area contributed by atoms with Crippen LogP contribution in [0.2, 0.25) is 5.02 Å². The van der Waals surface area contributed by atoms with Gasteiger partial charge in [0.05, 0.1) is 21.7 Å². The summed E-state index contributed by atoms with van der Waals surface area (Å²) < 4.78 is 13.1. The van der Waals surface area contributed by atoms with Crippen LogP contribution >= 0.6 is 11.6 Å². The van der Waals surface area contributed by atoms with E-state index in [1.165, 1.54) is 30.3 Å². The van der Waals surface area contributed by atoms with Crippen molar-refractivity contribution in [2.75, 3.05) is 36.4 Å². The summed E-state index contributed by atoms with van der Waals surface area (Å²) in [5.74, 6) is -0.551. The van der Waals surface area contributed by atoms with E-state index in [1.54, 1.807) is 19.1 Å². The summed E-state index contributed by atoms with van der Waals surface area (Å²) >= 11 is 6.05. The van der Waals surface area contributed by atoms with E-state index >= 15 is 0 Å². The van der Waals surface area contributed by atoms with E-state index in [-0.39, 0.29) is 28.1 Å². The minimum Gasteiger partial charge on any atom is -0.369 e. The summed E-state index contributed by atoms with van der Waals surface area (Å²) in [6.07, 6.45) is 0. The average Bonchev–Trinajstić information content (AvgIpc) is 2.69. The number of halogens is 2. The van der Waals surface area contributed by atoms with Gasteiger partial charge in [-0.05, 0) is 37.3 Å². The van der Waals surface area contributed by atoms with Crippen molar-refractivity contribution in [2.24, 2.45) is 0 Å². The molecule has 3 rings (SSSR count). The monoisotopic (exact) mass is 406 g/mol. The third kappa shape index (κ3) is 4.58. The van der Waals surface area contributed by atoms with E-state index in [9.17, 15) is 19.3 Å². The van der Waals surface area contributed by atoms with Crippen LogP contribution in [-0.2, 0) is 4.79 Å². The molecule has 1 saturated heterocycles. The molecule has 9 heteroatoms. The lowest BCUT2D eigenvalue weighted by Gasteiger charge is -2.38. The maximum Gasteiger partial charge on any atom is 0.271 e. The molecule has 0 spiro atoms. The molecule has 1 heterocycles. The number of nitro benzene ring substituents is 1. The fourth-order valence-corrected chi connectivity index (χ4v) is 3.31. The number of hydrogen-bond acceptors (Lipinski definition) is 5. The van der Waals surface area contributed by atoms with Gasteiger partial charge in [-0.3, -0.25) is 19.8 Å². The molecule has 1 aliphatic rings. The SMILES string of the molecule is CC(C(=O)Nc1cc([N+](=O)[O-])ccc1Cl)N1CCN(c2ccc(F)cc2)CC1. The van der Waals surface area contributed by atoms with Crippen molar-refractivity contribution >= 4 is 34.6 Å². The molecule has 1 amide bonds. The zero-order valence-electron chi connectivity index (χ0n) is 15.3. The molecule has 1 atom stereocenters. The Hall–Kier alpha value is -2.71. The number of nitrogens with zero attached hydrogens (tertiary/aromatic N) is 3. The molecule has 2 aromatic rings. The molecule has 0 saturated carbocycles. The molecule has 0 aromatic heterocycles. The van der Waals surface area contributed by atoms with Crippen molar-refractivity contribution in [3.05, 3.63) is 63.4 Å². The van der Waals surface area contributed by atoms with Crippen LogP contribution in [0.25, 0.3) is 0 Å². The summed E-state index contributed by atoms with van der Waals surface area (Å²) in [5, 5.41) is 13.8. The molecular weight excluding hydrogens is 387 g/mol. The summed E-state index contributed by atoms with van der Waals surface area (Å²) in [6.45, 7) is 4.53. The summed E-state index contributed by atoms with van der Waals surface area (Å²) in [4.78, 5) is 27.1. The Morgan fingerprint density at radius 3 is 2.43 bits per heavy atom. The first kappa shape index (κ1) is 20.0. The van der Waals surface area contributed by atoms with Gasteiger partial charge in [-0.1, -0.05) is 11.6 Å². The number of piperazine rings is 1. The van der Waals surface area contributed by atoms with Crippen LogP contribution in [0.15, 0.2) is 42.5 Å². The number of anilines is 2. The summed E-state index contributed by atoms with van der Waals surface area (Å²) in [6, 6.07) is 9.85. The van der Waals surface area contributed by atoms with E-state index in [0.29, 0.717) is 26.2 Å². The third-order valence-corrected chi connectivity index (χ3v) is 5.18. The van der Waals surface area contributed by atoms with Crippen molar-refractivity contribution in [3.63, 3.8) is 0 Å². The van der Waals surface area contributed by atoms with E-state index in [4.69, 9.17) is 11.6 Å². The van der Waals surface area contributed by atoms with Crippen molar-refractivity contribution < 1.29 is 14.1 Å². The topological polar surface area (TPSA) is 78.7 Å². The number of nitrogens with one attached hydrogen (secondary N) is 1. The predicted molar refractivity (Wildman–Crippen MR) is 106 cm³/mol. The highest BCUT2D eigenvalue weighted by molar-refractivity contribution is 6.33. The maximum atomic E-state index is 13.1. The molecule has 28 heavy (non-hydrogen) atoms. The van der Waals surface area contributed by atoms with E-state index in [0.717, 1.165) is 5.69 Å². The molecule has 1 N–H and O–H groups in total. The van der Waals surface area contributed by atoms with Gasteiger partial charge in [-0.15, -0.1) is 0 Å². The molecule has 0 aliphatic carbocycles. The Kier molecular flexibility index (Phi) is 6.11. The van der Waals surface area contributed by atoms with Crippen molar-refractivity contribution in [3.8, 4) is 0 Å². The lowest BCUT2D eigenvalue weighted by molar-refractivity contribution is -0.384. The van der Waals surface area contributed by atoms with Crippen LogP contribution in [0.4, 0.5) is 21.5 Å². The van der Waals surface area contributed by atoms with E-state index < -0.39 is 11.0 Å². The van der Waals surface area contributed by atoms with Gasteiger partial charge in [0.25, 0.3) is 5.69 Å². The number of nitro groups is 1. The quantitative estimate of drug-likeness (QED) is 0.607. The van der Waals surface area contributed by atoms with Gasteiger partial charge < -0.3 is 10.2 Å². The molecular formula is C19H20ClFN4O3. The highest BCUT2D eigenvalue weighted by Crippen LogP contribution is 2.27. The van der Waals surface area contributed by atoms with Crippen molar-refractivity contribution in [2.45, 2.75) is 13.0 Å². The van der Waals surface area contributed by atoms with Gasteiger partial charge in [0.2, 0.25) is 5.91 Å². The summed E-state index contributed by atoms with van der Waals surface area (Å²) in [5.41, 5.74) is 1.03. The van der Waals surface area contributed by atoms with Crippen LogP contribution in [0.1, 0.15) is 6.92 Å². The first-order chi connectivity index (χ1) is 13.3. The lowest BCUT2D eigenvalue weighted by atomic mass is 10.2. The van der Waals surface area contributed by atoms with Crippen molar-refractivity contribution in [1.29, 1.82) is 0 Å². The fraction of sp³-hybridized carbons (Fsp3) is 0.316. The first-order valence-corrected chi connectivity index (χ1v) is 9.22. The summed E-state index contributed by atoms with van der Waals surface area (Å²) in [7, 11) is 0. The second kappa shape index (κ2) is 8.53. The zero-order valence-corrected chi connectivity index (χ0v) is 16.0. The Bertz CT molecular complexity index is 870. The molecule has 0 bridgehead atoms. The lowest BCUT2D eigenvalue weighted by Crippen LogP contribution is -2.52. The third-order valence-electron chi connectivity index (χ3n) is 4.85. The Labute approximate surface area is 166 Å².